The van der Waals surface area contributed by atoms with Gasteiger partial charge in [-0.05, 0) is 156 Å². The molecule has 8 nitrogen and oxygen atoms in total. The summed E-state index contributed by atoms with van der Waals surface area (Å²) in [5, 5.41) is 19.2. The van der Waals surface area contributed by atoms with Gasteiger partial charge in [-0.1, -0.05) is 20.8 Å². The van der Waals surface area contributed by atoms with Crippen LogP contribution in [0.5, 0.6) is 0 Å². The highest BCUT2D eigenvalue weighted by molar-refractivity contribution is 5.85. The summed E-state index contributed by atoms with van der Waals surface area (Å²) in [5.41, 5.74) is 6.18. The third-order valence-electron chi connectivity index (χ3n) is 13.8. The molecule has 1 saturated heterocycles. The number of fused-ring (bicyclic) bond motifs is 5. The molecule has 44 heavy (non-hydrogen) atoms. The summed E-state index contributed by atoms with van der Waals surface area (Å²) in [6.07, 6.45) is 14.6. The zero-order valence-corrected chi connectivity index (χ0v) is 28.3. The Balaban J connectivity index is 1.15. The van der Waals surface area contributed by atoms with Crippen LogP contribution >= 0.6 is 0 Å². The molecule has 5 fully saturated rings. The van der Waals surface area contributed by atoms with E-state index in [2.05, 4.69) is 31.4 Å². The number of aliphatic hydroxyl groups excluding tert-OH is 1. The Labute approximate surface area is 267 Å². The molecule has 0 aromatic heterocycles. The van der Waals surface area contributed by atoms with Crippen molar-refractivity contribution in [2.24, 2.45) is 52.1 Å². The average Bonchev–Trinajstić information content (AvgIpc) is 3.64. The Morgan fingerprint density at radius 3 is 2.52 bits per heavy atom. The number of hydrogen-bond donors (Lipinski definition) is 4. The summed E-state index contributed by atoms with van der Waals surface area (Å²) in [6.45, 7) is 12.0. The first kappa shape index (κ1) is 34.1. The molecule has 0 aromatic carbocycles. The molecule has 4 unspecified atom stereocenters. The maximum absolute atomic E-state index is 13.2. The van der Waals surface area contributed by atoms with Crippen LogP contribution in [0.4, 0.5) is 0 Å². The molecule has 0 bridgehead atoms. The molecule has 1 aliphatic heterocycles. The molecule has 252 valence electrons. The summed E-state index contributed by atoms with van der Waals surface area (Å²) in [5.74, 6) is 3.14. The number of rotatable bonds is 13. The molecule has 5 rings (SSSR count). The van der Waals surface area contributed by atoms with E-state index in [9.17, 15) is 14.7 Å². The summed E-state index contributed by atoms with van der Waals surface area (Å²) < 4.78 is 4.96. The van der Waals surface area contributed by atoms with Gasteiger partial charge in [0.15, 0.2) is 0 Å². The molecular formula is C36H64N4O4. The molecule has 5 aliphatic rings. The lowest BCUT2D eigenvalue weighted by Crippen LogP contribution is -2.59. The maximum atomic E-state index is 13.2. The zero-order valence-electron chi connectivity index (χ0n) is 28.3. The quantitative estimate of drug-likeness (QED) is 0.178. The van der Waals surface area contributed by atoms with E-state index in [1.807, 2.05) is 0 Å². The number of carbonyl (C=O) groups excluding carboxylic acids is 2. The number of likely N-dealkylation sites (tertiary alicyclic amines) is 1. The van der Waals surface area contributed by atoms with Crippen LogP contribution in [0.15, 0.2) is 0 Å². The number of carbonyl (C=O) groups is 2. The number of esters is 1. The third kappa shape index (κ3) is 6.75. The molecule has 4 saturated carbocycles. The van der Waals surface area contributed by atoms with Crippen molar-refractivity contribution in [3.05, 3.63) is 0 Å². The van der Waals surface area contributed by atoms with Crippen molar-refractivity contribution in [1.29, 1.82) is 0 Å². The SMILES string of the molecule is COC(=O)[C@H]1CCCN1C(=O)CC[C@@H](C)C1CCC2C3C(CC[C@@]21C)[C@@]1(C)CC[C@H](NCCCNCCCN)C[C@H]1C[C@H]3O. The lowest BCUT2D eigenvalue weighted by Gasteiger charge is -2.62. The first-order valence-corrected chi connectivity index (χ1v) is 18.3. The molecule has 1 heterocycles. The van der Waals surface area contributed by atoms with Gasteiger partial charge in [0.2, 0.25) is 5.91 Å². The van der Waals surface area contributed by atoms with E-state index in [0.717, 1.165) is 58.3 Å². The Morgan fingerprint density at radius 2 is 1.75 bits per heavy atom. The highest BCUT2D eigenvalue weighted by Crippen LogP contribution is 2.68. The van der Waals surface area contributed by atoms with Gasteiger partial charge in [-0.3, -0.25) is 4.79 Å². The number of methoxy groups -OCH3 is 1. The topological polar surface area (TPSA) is 117 Å². The third-order valence-corrected chi connectivity index (χ3v) is 13.8. The van der Waals surface area contributed by atoms with E-state index in [1.165, 1.54) is 52.1 Å². The summed E-state index contributed by atoms with van der Waals surface area (Å²) >= 11 is 0. The minimum atomic E-state index is -0.399. The van der Waals surface area contributed by atoms with Crippen LogP contribution in [0.3, 0.4) is 0 Å². The second kappa shape index (κ2) is 14.7. The van der Waals surface area contributed by atoms with Gasteiger partial charge in [0, 0.05) is 19.0 Å². The fourth-order valence-electron chi connectivity index (χ4n) is 11.4. The zero-order chi connectivity index (χ0) is 31.5. The smallest absolute Gasteiger partial charge is 0.328 e. The van der Waals surface area contributed by atoms with E-state index >= 15 is 0 Å². The van der Waals surface area contributed by atoms with Gasteiger partial charge in [-0.25, -0.2) is 4.79 Å². The van der Waals surface area contributed by atoms with Crippen LogP contribution in [0.25, 0.3) is 0 Å². The van der Waals surface area contributed by atoms with Crippen LogP contribution in [-0.2, 0) is 14.3 Å². The van der Waals surface area contributed by atoms with Crippen LogP contribution < -0.4 is 16.4 Å². The Bertz CT molecular complexity index is 980. The molecule has 8 heteroatoms. The van der Waals surface area contributed by atoms with Gasteiger partial charge in [0.1, 0.15) is 6.04 Å². The van der Waals surface area contributed by atoms with Crippen molar-refractivity contribution in [3.63, 3.8) is 0 Å². The first-order chi connectivity index (χ1) is 21.1. The Hall–Kier alpha value is -1.22. The largest absolute Gasteiger partial charge is 0.467 e. The number of amides is 1. The normalized spacial score (nSPS) is 40.6. The second-order valence-corrected chi connectivity index (χ2v) is 16.0. The van der Waals surface area contributed by atoms with Crippen LogP contribution in [0, 0.1) is 46.3 Å². The molecule has 0 spiro atoms. The van der Waals surface area contributed by atoms with E-state index in [4.69, 9.17) is 10.5 Å². The monoisotopic (exact) mass is 616 g/mol. The number of ether oxygens (including phenoxy) is 1. The Kier molecular flexibility index (Phi) is 11.4. The van der Waals surface area contributed by atoms with Gasteiger partial charge < -0.3 is 31.1 Å². The van der Waals surface area contributed by atoms with Gasteiger partial charge in [0.05, 0.1) is 13.2 Å². The highest BCUT2D eigenvalue weighted by Gasteiger charge is 2.62. The molecule has 4 aliphatic carbocycles. The van der Waals surface area contributed by atoms with Gasteiger partial charge in [0.25, 0.3) is 0 Å². The average molecular weight is 617 g/mol. The predicted octanol–water partition coefficient (Wildman–Crippen LogP) is 4.48. The molecule has 11 atom stereocenters. The first-order valence-electron chi connectivity index (χ1n) is 18.3. The van der Waals surface area contributed by atoms with Crippen LogP contribution in [0.2, 0.25) is 0 Å². The van der Waals surface area contributed by atoms with Gasteiger partial charge >= 0.3 is 5.97 Å². The van der Waals surface area contributed by atoms with Gasteiger partial charge in [-0.15, -0.1) is 0 Å². The number of nitrogens with zero attached hydrogens (tertiary/aromatic N) is 1. The number of nitrogens with two attached hydrogens (primary N) is 1. The fraction of sp³-hybridized carbons (Fsp3) is 0.944. The second-order valence-electron chi connectivity index (χ2n) is 16.0. The standard InChI is InChI=1S/C36H64N4O4/c1-24(9-12-32(42)40-21-5-8-30(40)34(43)44-4)27-10-11-28-33-29(14-16-36(27,28)3)35(2)15-13-26(22-25(35)23-31(33)41)39-20-7-19-38-18-6-17-37/h24-31,33,38-39,41H,5-23,37H2,1-4H3/t24-,25+,26+,27?,28?,29?,30-,31-,33?,35+,36-/m1/s1. The van der Waals surface area contributed by atoms with E-state index < -0.39 is 6.04 Å². The van der Waals surface area contributed by atoms with Crippen LogP contribution in [-0.4, -0.2) is 79.9 Å². The van der Waals surface area contributed by atoms with Crippen molar-refractivity contribution >= 4 is 11.9 Å². The number of hydrogen-bond acceptors (Lipinski definition) is 7. The summed E-state index contributed by atoms with van der Waals surface area (Å²) in [6, 6.07) is 0.182. The van der Waals surface area contributed by atoms with E-state index in [1.54, 1.807) is 4.90 Å². The van der Waals surface area contributed by atoms with Crippen molar-refractivity contribution in [3.8, 4) is 0 Å². The van der Waals surface area contributed by atoms with Crippen molar-refractivity contribution < 1.29 is 19.4 Å². The van der Waals surface area contributed by atoms with E-state index in [-0.39, 0.29) is 23.4 Å². The van der Waals surface area contributed by atoms with Gasteiger partial charge in [-0.2, -0.15) is 0 Å². The lowest BCUT2D eigenvalue weighted by atomic mass is 9.43. The number of aliphatic hydroxyl groups is 1. The van der Waals surface area contributed by atoms with Crippen molar-refractivity contribution in [1.82, 2.24) is 15.5 Å². The molecule has 0 radical (unpaired) electrons. The summed E-state index contributed by atoms with van der Waals surface area (Å²) in [4.78, 5) is 27.1. The van der Waals surface area contributed by atoms with E-state index in [0.29, 0.717) is 66.4 Å². The Morgan fingerprint density at radius 1 is 1.00 bits per heavy atom. The predicted molar refractivity (Wildman–Crippen MR) is 175 cm³/mol. The van der Waals surface area contributed by atoms with Crippen LogP contribution in [0.1, 0.15) is 111 Å². The molecule has 5 N–H and O–H groups in total. The lowest BCUT2D eigenvalue weighted by molar-refractivity contribution is -0.167. The maximum Gasteiger partial charge on any atom is 0.328 e. The molecule has 0 aromatic rings. The van der Waals surface area contributed by atoms with Crippen molar-refractivity contribution in [2.45, 2.75) is 129 Å². The number of nitrogens with one attached hydrogen (secondary N) is 2. The minimum absolute atomic E-state index is 0.110. The minimum Gasteiger partial charge on any atom is -0.467 e. The molecular weight excluding hydrogens is 552 g/mol. The fourth-order valence-corrected chi connectivity index (χ4v) is 11.4. The molecule has 1 amide bonds. The summed E-state index contributed by atoms with van der Waals surface area (Å²) in [7, 11) is 1.41. The highest BCUT2D eigenvalue weighted by atomic mass is 16.5. The van der Waals surface area contributed by atoms with Crippen molar-refractivity contribution in [2.75, 3.05) is 39.8 Å².